The third-order valence-electron chi connectivity index (χ3n) is 5.16. The lowest BCUT2D eigenvalue weighted by Crippen LogP contribution is -1.95. The first kappa shape index (κ1) is 13.7. The van der Waals surface area contributed by atoms with E-state index in [1.807, 2.05) is 6.20 Å². The number of benzene rings is 3. The predicted molar refractivity (Wildman–Crippen MR) is 108 cm³/mol. The van der Waals surface area contributed by atoms with Crippen molar-refractivity contribution in [1.29, 1.82) is 0 Å². The summed E-state index contributed by atoms with van der Waals surface area (Å²) in [7, 11) is 0. The Morgan fingerprint density at radius 2 is 1.46 bits per heavy atom. The highest BCUT2D eigenvalue weighted by Crippen LogP contribution is 2.35. The van der Waals surface area contributed by atoms with E-state index in [1.165, 1.54) is 26.9 Å². The number of fused-ring (bicyclic) bond motifs is 6. The number of nitrogens with zero attached hydrogens (tertiary/aromatic N) is 2. The maximum absolute atomic E-state index is 4.84. The number of aromatic nitrogens is 3. The quantitative estimate of drug-likeness (QED) is 0.404. The molecule has 3 aromatic carbocycles. The first-order chi connectivity index (χ1) is 12.9. The summed E-state index contributed by atoms with van der Waals surface area (Å²) in [5.41, 5.74) is 3.28. The fraction of sp³-hybridized carbons (Fsp3) is 0. The number of nitrogens with one attached hydrogen (secondary N) is 1. The first-order valence-electron chi connectivity index (χ1n) is 8.75. The van der Waals surface area contributed by atoms with Gasteiger partial charge in [-0.15, -0.1) is 0 Å². The third kappa shape index (κ3) is 1.74. The fourth-order valence-corrected chi connectivity index (χ4v) is 4.00. The van der Waals surface area contributed by atoms with Gasteiger partial charge in [-0.25, -0.2) is 4.98 Å². The molecule has 3 nitrogen and oxygen atoms in total. The topological polar surface area (TPSA) is 33.6 Å². The molecule has 0 saturated carbocycles. The molecule has 0 radical (unpaired) electrons. The summed E-state index contributed by atoms with van der Waals surface area (Å²) >= 11 is 0. The SMILES string of the molecule is c1ccc2[nH]c(-n3c4ccccc4c4c5ccccc5cnc43)cc2c1. The van der Waals surface area contributed by atoms with Crippen molar-refractivity contribution in [3.8, 4) is 5.82 Å². The maximum Gasteiger partial charge on any atom is 0.147 e. The molecule has 0 unspecified atom stereocenters. The molecule has 0 atom stereocenters. The Balaban J connectivity index is 1.84. The van der Waals surface area contributed by atoms with Crippen LogP contribution in [0.3, 0.4) is 0 Å². The van der Waals surface area contributed by atoms with Crippen molar-refractivity contribution in [2.24, 2.45) is 0 Å². The summed E-state index contributed by atoms with van der Waals surface area (Å²) in [4.78, 5) is 8.39. The Bertz CT molecular complexity index is 1400. The minimum atomic E-state index is 0.983. The molecule has 6 rings (SSSR count). The molecular formula is C23H15N3. The molecule has 0 fully saturated rings. The van der Waals surface area contributed by atoms with Crippen LogP contribution in [0.2, 0.25) is 0 Å². The van der Waals surface area contributed by atoms with E-state index in [1.54, 1.807) is 0 Å². The molecule has 122 valence electrons. The largest absolute Gasteiger partial charge is 0.341 e. The van der Waals surface area contributed by atoms with Crippen LogP contribution in [0.5, 0.6) is 0 Å². The number of aromatic amines is 1. The zero-order chi connectivity index (χ0) is 17.1. The second-order valence-corrected chi connectivity index (χ2v) is 6.64. The second-order valence-electron chi connectivity index (χ2n) is 6.64. The van der Waals surface area contributed by atoms with Gasteiger partial charge in [-0.1, -0.05) is 60.7 Å². The van der Waals surface area contributed by atoms with Gasteiger partial charge in [0.15, 0.2) is 0 Å². The van der Waals surface area contributed by atoms with Crippen LogP contribution in [-0.2, 0) is 0 Å². The van der Waals surface area contributed by atoms with Crippen molar-refractivity contribution in [3.63, 3.8) is 0 Å². The van der Waals surface area contributed by atoms with Gasteiger partial charge in [0.1, 0.15) is 11.5 Å². The van der Waals surface area contributed by atoms with Gasteiger partial charge in [-0.05, 0) is 23.6 Å². The van der Waals surface area contributed by atoms with Crippen LogP contribution in [0.25, 0.3) is 49.4 Å². The number of rotatable bonds is 1. The predicted octanol–water partition coefficient (Wildman–Crippen LogP) is 5.81. The second kappa shape index (κ2) is 4.96. The van der Waals surface area contributed by atoms with Crippen molar-refractivity contribution >= 4 is 43.6 Å². The van der Waals surface area contributed by atoms with E-state index >= 15 is 0 Å². The average Bonchev–Trinajstić information content (AvgIpc) is 3.26. The zero-order valence-electron chi connectivity index (χ0n) is 14.0. The number of H-pyrrole nitrogens is 1. The van der Waals surface area contributed by atoms with Gasteiger partial charge in [-0.2, -0.15) is 0 Å². The van der Waals surface area contributed by atoms with Gasteiger partial charge in [0.05, 0.1) is 5.52 Å². The highest BCUT2D eigenvalue weighted by atomic mass is 15.1. The van der Waals surface area contributed by atoms with Crippen molar-refractivity contribution in [2.45, 2.75) is 0 Å². The Morgan fingerprint density at radius 3 is 2.35 bits per heavy atom. The van der Waals surface area contributed by atoms with E-state index in [0.717, 1.165) is 22.5 Å². The number of hydrogen-bond acceptors (Lipinski definition) is 1. The molecule has 3 aromatic heterocycles. The molecule has 26 heavy (non-hydrogen) atoms. The highest BCUT2D eigenvalue weighted by molar-refractivity contribution is 6.19. The molecular weight excluding hydrogens is 318 g/mol. The van der Waals surface area contributed by atoms with Crippen LogP contribution in [0.1, 0.15) is 0 Å². The maximum atomic E-state index is 4.84. The lowest BCUT2D eigenvalue weighted by atomic mass is 10.1. The molecule has 0 saturated heterocycles. The monoisotopic (exact) mass is 333 g/mol. The van der Waals surface area contributed by atoms with Gasteiger partial charge in [0, 0.05) is 33.3 Å². The molecule has 0 aliphatic rings. The fourth-order valence-electron chi connectivity index (χ4n) is 4.00. The van der Waals surface area contributed by atoms with Gasteiger partial charge in [-0.3, -0.25) is 4.57 Å². The summed E-state index contributed by atoms with van der Waals surface area (Å²) in [5, 5.41) is 6.04. The van der Waals surface area contributed by atoms with Gasteiger partial charge < -0.3 is 4.98 Å². The minimum Gasteiger partial charge on any atom is -0.341 e. The van der Waals surface area contributed by atoms with Crippen LogP contribution < -0.4 is 0 Å². The summed E-state index contributed by atoms with van der Waals surface area (Å²) in [6.07, 6.45) is 1.97. The molecule has 3 heteroatoms. The number of pyridine rings is 1. The number of para-hydroxylation sites is 2. The standard InChI is InChI=1S/C23H15N3/c1-3-9-17-16(8-1)14-24-23-22(17)18-10-4-6-12-20(18)26(23)21-13-15-7-2-5-11-19(15)25-21/h1-14,25H. The highest BCUT2D eigenvalue weighted by Gasteiger charge is 2.16. The van der Waals surface area contributed by atoms with E-state index in [4.69, 9.17) is 4.98 Å². The van der Waals surface area contributed by atoms with Crippen molar-refractivity contribution < 1.29 is 0 Å². The first-order valence-corrected chi connectivity index (χ1v) is 8.75. The van der Waals surface area contributed by atoms with Crippen molar-refractivity contribution in [2.75, 3.05) is 0 Å². The number of hydrogen-bond donors (Lipinski definition) is 1. The summed E-state index contributed by atoms with van der Waals surface area (Å²) < 4.78 is 2.23. The van der Waals surface area contributed by atoms with Crippen LogP contribution in [-0.4, -0.2) is 14.5 Å². The third-order valence-corrected chi connectivity index (χ3v) is 5.16. The molecule has 0 aliphatic heterocycles. The lowest BCUT2D eigenvalue weighted by Gasteiger charge is -2.04. The van der Waals surface area contributed by atoms with Crippen LogP contribution in [0.4, 0.5) is 0 Å². The summed E-state index contributed by atoms with van der Waals surface area (Å²) in [6.45, 7) is 0. The van der Waals surface area contributed by atoms with Crippen LogP contribution in [0.15, 0.2) is 85.1 Å². The Kier molecular flexibility index (Phi) is 2.61. The minimum absolute atomic E-state index is 0.983. The molecule has 6 aromatic rings. The van der Waals surface area contributed by atoms with Crippen LogP contribution in [0, 0.1) is 0 Å². The lowest BCUT2D eigenvalue weighted by molar-refractivity contribution is 1.09. The van der Waals surface area contributed by atoms with E-state index in [9.17, 15) is 0 Å². The van der Waals surface area contributed by atoms with Crippen LogP contribution >= 0.6 is 0 Å². The summed E-state index contributed by atoms with van der Waals surface area (Å²) in [6, 6.07) is 27.5. The smallest absolute Gasteiger partial charge is 0.147 e. The van der Waals surface area contributed by atoms with Gasteiger partial charge in [0.2, 0.25) is 0 Å². The molecule has 0 aliphatic carbocycles. The molecule has 0 bridgehead atoms. The van der Waals surface area contributed by atoms with E-state index < -0.39 is 0 Å². The molecule has 0 spiro atoms. The van der Waals surface area contributed by atoms with E-state index in [-0.39, 0.29) is 0 Å². The average molecular weight is 333 g/mol. The molecule has 0 amide bonds. The van der Waals surface area contributed by atoms with Gasteiger partial charge >= 0.3 is 0 Å². The van der Waals surface area contributed by atoms with Crippen molar-refractivity contribution in [3.05, 3.63) is 85.1 Å². The normalized spacial score (nSPS) is 11.8. The van der Waals surface area contributed by atoms with E-state index in [0.29, 0.717) is 0 Å². The van der Waals surface area contributed by atoms with E-state index in [2.05, 4.69) is 88.4 Å². The molecule has 3 heterocycles. The zero-order valence-corrected chi connectivity index (χ0v) is 14.0. The Morgan fingerprint density at radius 1 is 0.731 bits per heavy atom. The molecule has 1 N–H and O–H groups in total. The summed E-state index contributed by atoms with van der Waals surface area (Å²) in [5.74, 6) is 1.04. The van der Waals surface area contributed by atoms with Crippen molar-refractivity contribution in [1.82, 2.24) is 14.5 Å². The Hall–Kier alpha value is -3.59. The Labute approximate surface area is 149 Å². The van der Waals surface area contributed by atoms with Gasteiger partial charge in [0.25, 0.3) is 0 Å².